The average Bonchev–Trinajstić information content (AvgIpc) is 2.61. The van der Waals surface area contributed by atoms with Crippen molar-refractivity contribution in [3.63, 3.8) is 0 Å². The largest absolute Gasteiger partial charge is 0.493 e. The van der Waals surface area contributed by atoms with E-state index in [1.165, 1.54) is 20.3 Å². The van der Waals surface area contributed by atoms with Crippen LogP contribution in [0.1, 0.15) is 12.5 Å². The van der Waals surface area contributed by atoms with Crippen LogP contribution < -0.4 is 26.3 Å². The number of benzene rings is 1. The summed E-state index contributed by atoms with van der Waals surface area (Å²) in [7, 11) is 3.05. The van der Waals surface area contributed by atoms with Gasteiger partial charge in [0.1, 0.15) is 22.5 Å². The number of carbonyl (C=O) groups is 1. The molecular formula is C17H19N5O3S. The van der Waals surface area contributed by atoms with E-state index in [1.54, 1.807) is 25.1 Å². The SMILES string of the molecule is COc1ccc(NC(=O)C(C)Sc2nc(N)cc(N)c2C#N)cc1OC. The number of nitrogens with one attached hydrogen (secondary N) is 1. The maximum Gasteiger partial charge on any atom is 0.237 e. The van der Waals surface area contributed by atoms with E-state index >= 15 is 0 Å². The van der Waals surface area contributed by atoms with Crippen LogP contribution in [0.15, 0.2) is 29.3 Å². The molecule has 1 unspecified atom stereocenters. The molecule has 136 valence electrons. The predicted octanol–water partition coefficient (Wildman–Crippen LogP) is 2.25. The molecule has 0 spiro atoms. The fourth-order valence-corrected chi connectivity index (χ4v) is 3.08. The lowest BCUT2D eigenvalue weighted by Gasteiger charge is -2.14. The molecule has 9 heteroatoms. The third kappa shape index (κ3) is 4.29. The number of nitrogen functional groups attached to an aromatic ring is 2. The highest BCUT2D eigenvalue weighted by Gasteiger charge is 2.20. The Morgan fingerprint density at radius 3 is 2.58 bits per heavy atom. The van der Waals surface area contributed by atoms with Crippen LogP contribution in [0.2, 0.25) is 0 Å². The van der Waals surface area contributed by atoms with Crippen molar-refractivity contribution in [1.82, 2.24) is 4.98 Å². The van der Waals surface area contributed by atoms with Crippen molar-refractivity contribution in [2.45, 2.75) is 17.2 Å². The van der Waals surface area contributed by atoms with Gasteiger partial charge in [-0.25, -0.2) is 4.98 Å². The minimum atomic E-state index is -0.538. The summed E-state index contributed by atoms with van der Waals surface area (Å²) in [5, 5.41) is 11.8. The van der Waals surface area contributed by atoms with Crippen LogP contribution in [0.25, 0.3) is 0 Å². The minimum Gasteiger partial charge on any atom is -0.493 e. The molecule has 1 amide bonds. The first-order chi connectivity index (χ1) is 12.4. The van der Waals surface area contributed by atoms with Gasteiger partial charge in [0.25, 0.3) is 0 Å². The van der Waals surface area contributed by atoms with Crippen LogP contribution >= 0.6 is 11.8 Å². The molecule has 26 heavy (non-hydrogen) atoms. The number of nitriles is 1. The van der Waals surface area contributed by atoms with Crippen molar-refractivity contribution in [3.8, 4) is 17.6 Å². The highest BCUT2D eigenvalue weighted by Crippen LogP contribution is 2.32. The molecule has 0 saturated heterocycles. The lowest BCUT2D eigenvalue weighted by atomic mass is 10.2. The van der Waals surface area contributed by atoms with Crippen LogP contribution in [0.4, 0.5) is 17.2 Å². The monoisotopic (exact) mass is 373 g/mol. The summed E-state index contributed by atoms with van der Waals surface area (Å²) in [5.74, 6) is 0.985. The number of aromatic nitrogens is 1. The summed E-state index contributed by atoms with van der Waals surface area (Å²) in [6.45, 7) is 1.70. The second kappa shape index (κ2) is 8.31. The van der Waals surface area contributed by atoms with Gasteiger partial charge in [0, 0.05) is 17.8 Å². The molecule has 0 radical (unpaired) electrons. The van der Waals surface area contributed by atoms with E-state index < -0.39 is 5.25 Å². The Bertz CT molecular complexity index is 866. The quantitative estimate of drug-likeness (QED) is 0.656. The zero-order valence-corrected chi connectivity index (χ0v) is 15.4. The molecule has 1 atom stereocenters. The van der Waals surface area contributed by atoms with E-state index in [1.807, 2.05) is 6.07 Å². The van der Waals surface area contributed by atoms with E-state index in [2.05, 4.69) is 10.3 Å². The molecule has 0 saturated carbocycles. The van der Waals surface area contributed by atoms with Crippen LogP contribution in [0.5, 0.6) is 11.5 Å². The number of ether oxygens (including phenoxy) is 2. The molecule has 5 N–H and O–H groups in total. The Labute approximate surface area is 155 Å². The number of thioether (sulfide) groups is 1. The summed E-state index contributed by atoms with van der Waals surface area (Å²) in [5.41, 5.74) is 12.5. The van der Waals surface area contributed by atoms with Crippen molar-refractivity contribution in [1.29, 1.82) is 5.26 Å². The Morgan fingerprint density at radius 2 is 1.96 bits per heavy atom. The molecule has 1 heterocycles. The number of carbonyl (C=O) groups excluding carboxylic acids is 1. The van der Waals surface area contributed by atoms with Gasteiger partial charge in [-0.3, -0.25) is 4.79 Å². The van der Waals surface area contributed by atoms with Gasteiger partial charge >= 0.3 is 0 Å². The van der Waals surface area contributed by atoms with Crippen LogP contribution in [0.3, 0.4) is 0 Å². The minimum absolute atomic E-state index is 0.191. The van der Waals surface area contributed by atoms with E-state index in [-0.39, 0.29) is 23.0 Å². The second-order valence-electron chi connectivity index (χ2n) is 5.25. The smallest absolute Gasteiger partial charge is 0.237 e. The summed E-state index contributed by atoms with van der Waals surface area (Å²) in [6.07, 6.45) is 0. The zero-order valence-electron chi connectivity index (χ0n) is 14.6. The lowest BCUT2D eigenvalue weighted by Crippen LogP contribution is -2.22. The van der Waals surface area contributed by atoms with Crippen molar-refractivity contribution in [2.75, 3.05) is 31.0 Å². The van der Waals surface area contributed by atoms with E-state index in [0.29, 0.717) is 22.2 Å². The maximum atomic E-state index is 12.5. The number of hydrogen-bond acceptors (Lipinski definition) is 8. The normalized spacial score (nSPS) is 11.3. The van der Waals surface area contributed by atoms with Crippen molar-refractivity contribution < 1.29 is 14.3 Å². The third-order valence-corrected chi connectivity index (χ3v) is 4.54. The summed E-state index contributed by atoms with van der Waals surface area (Å²) in [4.78, 5) is 16.6. The Morgan fingerprint density at radius 1 is 1.27 bits per heavy atom. The van der Waals surface area contributed by atoms with Gasteiger partial charge in [0.15, 0.2) is 11.5 Å². The van der Waals surface area contributed by atoms with Crippen molar-refractivity contribution in [3.05, 3.63) is 29.8 Å². The number of amides is 1. The number of nitrogens with zero attached hydrogens (tertiary/aromatic N) is 2. The second-order valence-corrected chi connectivity index (χ2v) is 6.58. The molecule has 8 nitrogen and oxygen atoms in total. The Kier molecular flexibility index (Phi) is 6.14. The number of pyridine rings is 1. The molecule has 2 aromatic rings. The zero-order chi connectivity index (χ0) is 19.3. The van der Waals surface area contributed by atoms with Gasteiger partial charge in [0.2, 0.25) is 5.91 Å². The van der Waals surface area contributed by atoms with Crippen molar-refractivity contribution >= 4 is 34.9 Å². The first-order valence-corrected chi connectivity index (χ1v) is 8.43. The fraction of sp³-hybridized carbons (Fsp3) is 0.235. The molecule has 0 fully saturated rings. The number of rotatable bonds is 6. The van der Waals surface area contributed by atoms with E-state index in [4.69, 9.17) is 20.9 Å². The molecule has 1 aromatic heterocycles. The number of anilines is 3. The van der Waals surface area contributed by atoms with Gasteiger partial charge in [-0.1, -0.05) is 11.8 Å². The maximum absolute atomic E-state index is 12.5. The summed E-state index contributed by atoms with van der Waals surface area (Å²) < 4.78 is 10.4. The predicted molar refractivity (Wildman–Crippen MR) is 101 cm³/mol. The van der Waals surface area contributed by atoms with Gasteiger partial charge < -0.3 is 26.3 Å². The lowest BCUT2D eigenvalue weighted by molar-refractivity contribution is -0.115. The third-order valence-electron chi connectivity index (χ3n) is 3.46. The summed E-state index contributed by atoms with van der Waals surface area (Å²) >= 11 is 1.11. The first kappa shape index (κ1) is 19.2. The van der Waals surface area contributed by atoms with Crippen LogP contribution in [-0.2, 0) is 4.79 Å². The molecular weight excluding hydrogens is 354 g/mol. The molecule has 0 aliphatic heterocycles. The average molecular weight is 373 g/mol. The fourth-order valence-electron chi connectivity index (χ4n) is 2.14. The number of hydrogen-bond donors (Lipinski definition) is 3. The molecule has 2 rings (SSSR count). The topological polar surface area (TPSA) is 136 Å². The highest BCUT2D eigenvalue weighted by atomic mass is 32.2. The van der Waals surface area contributed by atoms with Gasteiger partial charge in [-0.05, 0) is 19.1 Å². The first-order valence-electron chi connectivity index (χ1n) is 7.55. The number of nitrogens with two attached hydrogens (primary N) is 2. The number of methoxy groups -OCH3 is 2. The van der Waals surface area contributed by atoms with E-state index in [9.17, 15) is 10.1 Å². The standard InChI is InChI=1S/C17H19N5O3S/c1-9(26-17-11(8-18)12(19)7-15(20)22-17)16(23)21-10-4-5-13(24-2)14(6-10)25-3/h4-7,9H,1-3H3,(H,21,23)(H4,19,20,22). The molecule has 0 bridgehead atoms. The van der Waals surface area contributed by atoms with E-state index in [0.717, 1.165) is 11.8 Å². The van der Waals surface area contributed by atoms with Crippen LogP contribution in [0, 0.1) is 11.3 Å². The Hall–Kier alpha value is -3.12. The summed E-state index contributed by atoms with van der Waals surface area (Å²) in [6, 6.07) is 8.46. The van der Waals surface area contributed by atoms with Gasteiger partial charge in [0.05, 0.1) is 25.2 Å². The molecule has 0 aliphatic carbocycles. The van der Waals surface area contributed by atoms with Gasteiger partial charge in [-0.15, -0.1) is 0 Å². The molecule has 1 aromatic carbocycles. The molecule has 0 aliphatic rings. The van der Waals surface area contributed by atoms with Crippen molar-refractivity contribution in [2.24, 2.45) is 0 Å². The van der Waals surface area contributed by atoms with Gasteiger partial charge in [-0.2, -0.15) is 5.26 Å². The highest BCUT2D eigenvalue weighted by molar-refractivity contribution is 8.00. The van der Waals surface area contributed by atoms with Crippen LogP contribution in [-0.4, -0.2) is 30.4 Å². The Balaban J connectivity index is 2.15.